The molecule has 12 heavy (non-hydrogen) atoms. The standard InChI is InChI=1S/C6H8O6/c1-4(7)12-6(10)3-11-2-5(8)9/h2-3H2,1H3,(H,8,9). The second-order valence-corrected chi connectivity index (χ2v) is 1.85. The van der Waals surface area contributed by atoms with Gasteiger partial charge in [0.2, 0.25) is 0 Å². The van der Waals surface area contributed by atoms with Gasteiger partial charge in [0.15, 0.2) is 0 Å². The van der Waals surface area contributed by atoms with Crippen molar-refractivity contribution in [1.82, 2.24) is 0 Å². The lowest BCUT2D eigenvalue weighted by Crippen LogP contribution is -2.18. The van der Waals surface area contributed by atoms with E-state index in [2.05, 4.69) is 9.47 Å². The molecule has 0 atom stereocenters. The minimum atomic E-state index is -1.19. The van der Waals surface area contributed by atoms with Crippen LogP contribution in [-0.2, 0) is 23.9 Å². The topological polar surface area (TPSA) is 89.9 Å². The van der Waals surface area contributed by atoms with E-state index in [0.29, 0.717) is 0 Å². The zero-order chi connectivity index (χ0) is 9.56. The molecule has 68 valence electrons. The van der Waals surface area contributed by atoms with Crippen LogP contribution in [0.25, 0.3) is 0 Å². The first-order valence-corrected chi connectivity index (χ1v) is 3.03. The highest BCUT2D eigenvalue weighted by molar-refractivity contribution is 5.84. The van der Waals surface area contributed by atoms with Gasteiger partial charge in [-0.25, -0.2) is 9.59 Å². The lowest BCUT2D eigenvalue weighted by molar-refractivity contribution is -0.162. The average Bonchev–Trinajstić information content (AvgIpc) is 1.84. The Kier molecular flexibility index (Phi) is 4.62. The summed E-state index contributed by atoms with van der Waals surface area (Å²) in [5.41, 5.74) is 0. The molecule has 0 aliphatic rings. The number of ether oxygens (including phenoxy) is 2. The molecular formula is C6H8O6. The number of carboxylic acid groups (broad SMARTS) is 1. The fourth-order valence-corrected chi connectivity index (χ4v) is 0.411. The summed E-state index contributed by atoms with van der Waals surface area (Å²) in [5.74, 6) is -2.84. The van der Waals surface area contributed by atoms with Gasteiger partial charge in [0.1, 0.15) is 13.2 Å². The van der Waals surface area contributed by atoms with E-state index in [4.69, 9.17) is 5.11 Å². The van der Waals surface area contributed by atoms with Crippen molar-refractivity contribution in [2.75, 3.05) is 13.2 Å². The van der Waals surface area contributed by atoms with Crippen molar-refractivity contribution < 1.29 is 29.0 Å². The monoisotopic (exact) mass is 176 g/mol. The molecule has 0 spiro atoms. The number of carbonyl (C=O) groups is 3. The summed E-state index contributed by atoms with van der Waals surface area (Å²) in [4.78, 5) is 30.5. The predicted octanol–water partition coefficient (Wildman–Crippen LogP) is -0.823. The lowest BCUT2D eigenvalue weighted by atomic mass is 10.7. The van der Waals surface area contributed by atoms with Crippen LogP contribution < -0.4 is 0 Å². The fraction of sp³-hybridized carbons (Fsp3) is 0.500. The van der Waals surface area contributed by atoms with Crippen LogP contribution in [0.3, 0.4) is 0 Å². The van der Waals surface area contributed by atoms with E-state index in [1.165, 1.54) is 0 Å². The van der Waals surface area contributed by atoms with Crippen LogP contribution in [0.2, 0.25) is 0 Å². The fourth-order valence-electron chi connectivity index (χ4n) is 0.411. The molecule has 0 aromatic rings. The summed E-state index contributed by atoms with van der Waals surface area (Å²) in [6.45, 7) is -0.0615. The van der Waals surface area contributed by atoms with Gasteiger partial charge >= 0.3 is 17.9 Å². The average molecular weight is 176 g/mol. The first kappa shape index (κ1) is 10.6. The van der Waals surface area contributed by atoms with E-state index >= 15 is 0 Å². The number of rotatable bonds is 4. The SMILES string of the molecule is CC(=O)OC(=O)COCC(=O)O. The van der Waals surface area contributed by atoms with Crippen LogP contribution in [0.4, 0.5) is 0 Å². The molecule has 0 aromatic heterocycles. The summed E-state index contributed by atoms with van der Waals surface area (Å²) in [6.07, 6.45) is 0. The second-order valence-electron chi connectivity index (χ2n) is 1.85. The minimum Gasteiger partial charge on any atom is -0.480 e. The molecule has 0 amide bonds. The number of esters is 2. The van der Waals surface area contributed by atoms with Gasteiger partial charge in [-0.05, 0) is 0 Å². The molecule has 0 rings (SSSR count). The lowest BCUT2D eigenvalue weighted by Gasteiger charge is -1.98. The van der Waals surface area contributed by atoms with E-state index in [1.54, 1.807) is 0 Å². The van der Waals surface area contributed by atoms with Gasteiger partial charge in [0, 0.05) is 6.92 Å². The quantitative estimate of drug-likeness (QED) is 0.444. The Balaban J connectivity index is 3.44. The molecule has 0 aliphatic carbocycles. The Labute approximate surface area is 68.1 Å². The molecular weight excluding hydrogens is 168 g/mol. The minimum absolute atomic E-state index is 0.536. The van der Waals surface area contributed by atoms with Gasteiger partial charge in [-0.3, -0.25) is 4.79 Å². The second kappa shape index (κ2) is 5.25. The van der Waals surface area contributed by atoms with Crippen LogP contribution in [0.15, 0.2) is 0 Å². The van der Waals surface area contributed by atoms with Crippen molar-refractivity contribution >= 4 is 17.9 Å². The van der Waals surface area contributed by atoms with Gasteiger partial charge in [-0.15, -0.1) is 0 Å². The number of hydrogen-bond donors (Lipinski definition) is 1. The van der Waals surface area contributed by atoms with Crippen molar-refractivity contribution in [3.63, 3.8) is 0 Å². The predicted molar refractivity (Wildman–Crippen MR) is 35.2 cm³/mol. The third-order valence-electron chi connectivity index (χ3n) is 0.703. The number of aliphatic carboxylic acids is 1. The van der Waals surface area contributed by atoms with E-state index in [0.717, 1.165) is 6.92 Å². The summed E-state index contributed by atoms with van der Waals surface area (Å²) in [6, 6.07) is 0. The maximum atomic E-state index is 10.5. The molecule has 0 radical (unpaired) electrons. The Morgan fingerprint density at radius 3 is 2.25 bits per heavy atom. The van der Waals surface area contributed by atoms with Crippen LogP contribution >= 0.6 is 0 Å². The first-order chi connectivity index (χ1) is 5.52. The highest BCUT2D eigenvalue weighted by Crippen LogP contribution is 1.82. The summed E-state index contributed by atoms with van der Waals surface area (Å²) >= 11 is 0. The van der Waals surface area contributed by atoms with E-state index in [9.17, 15) is 14.4 Å². The first-order valence-electron chi connectivity index (χ1n) is 3.03. The Morgan fingerprint density at radius 1 is 1.25 bits per heavy atom. The van der Waals surface area contributed by atoms with Gasteiger partial charge in [-0.1, -0.05) is 0 Å². The molecule has 0 saturated heterocycles. The molecule has 0 fully saturated rings. The summed E-state index contributed by atoms with van der Waals surface area (Å²) in [7, 11) is 0. The Bertz CT molecular complexity index is 196. The molecule has 0 heterocycles. The summed E-state index contributed by atoms with van der Waals surface area (Å²) < 4.78 is 8.37. The van der Waals surface area contributed by atoms with Crippen LogP contribution in [0.5, 0.6) is 0 Å². The molecule has 0 bridgehead atoms. The van der Waals surface area contributed by atoms with E-state index in [1.807, 2.05) is 0 Å². The van der Waals surface area contributed by atoms with Crippen LogP contribution in [-0.4, -0.2) is 36.2 Å². The maximum Gasteiger partial charge on any atom is 0.339 e. The molecule has 0 aromatic carbocycles. The van der Waals surface area contributed by atoms with Crippen molar-refractivity contribution in [2.45, 2.75) is 6.92 Å². The molecule has 0 unspecified atom stereocenters. The third kappa shape index (κ3) is 6.69. The third-order valence-corrected chi connectivity index (χ3v) is 0.703. The molecule has 6 nitrogen and oxygen atoms in total. The zero-order valence-electron chi connectivity index (χ0n) is 6.40. The van der Waals surface area contributed by atoms with Crippen LogP contribution in [0.1, 0.15) is 6.92 Å². The highest BCUT2D eigenvalue weighted by Gasteiger charge is 2.06. The maximum absolute atomic E-state index is 10.5. The van der Waals surface area contributed by atoms with Gasteiger partial charge in [0.05, 0.1) is 0 Å². The Hall–Kier alpha value is -1.43. The number of carboxylic acids is 1. The Morgan fingerprint density at radius 2 is 1.83 bits per heavy atom. The van der Waals surface area contributed by atoms with E-state index < -0.39 is 31.1 Å². The molecule has 6 heteroatoms. The number of hydrogen-bond acceptors (Lipinski definition) is 5. The zero-order valence-corrected chi connectivity index (χ0v) is 6.40. The van der Waals surface area contributed by atoms with Crippen LogP contribution in [0, 0.1) is 0 Å². The summed E-state index contributed by atoms with van der Waals surface area (Å²) in [5, 5.41) is 8.06. The molecule has 0 saturated carbocycles. The van der Waals surface area contributed by atoms with Gasteiger partial charge in [-0.2, -0.15) is 0 Å². The highest BCUT2D eigenvalue weighted by atomic mass is 16.6. The van der Waals surface area contributed by atoms with Crippen molar-refractivity contribution in [1.29, 1.82) is 0 Å². The van der Waals surface area contributed by atoms with Gasteiger partial charge in [0.25, 0.3) is 0 Å². The smallest absolute Gasteiger partial charge is 0.339 e. The van der Waals surface area contributed by atoms with E-state index in [-0.39, 0.29) is 0 Å². The van der Waals surface area contributed by atoms with Crippen molar-refractivity contribution in [3.05, 3.63) is 0 Å². The largest absolute Gasteiger partial charge is 0.480 e. The molecule has 1 N–H and O–H groups in total. The van der Waals surface area contributed by atoms with Crippen molar-refractivity contribution in [3.8, 4) is 0 Å². The molecule has 0 aliphatic heterocycles. The number of carbonyl (C=O) groups excluding carboxylic acids is 2. The van der Waals surface area contributed by atoms with Gasteiger partial charge < -0.3 is 14.6 Å². The van der Waals surface area contributed by atoms with Crippen molar-refractivity contribution in [2.24, 2.45) is 0 Å². The normalized spacial score (nSPS) is 9.08.